The van der Waals surface area contributed by atoms with Crippen molar-refractivity contribution in [2.24, 2.45) is 11.8 Å². The first kappa shape index (κ1) is 13.4. The molecule has 0 aromatic rings. The lowest BCUT2D eigenvalue weighted by molar-refractivity contribution is -0.146. The lowest BCUT2D eigenvalue weighted by atomic mass is 9.73. The number of hydrogen-bond donors (Lipinski definition) is 2. The van der Waals surface area contributed by atoms with Gasteiger partial charge in [-0.2, -0.15) is 0 Å². The molecule has 0 radical (unpaired) electrons. The Morgan fingerprint density at radius 2 is 1.94 bits per heavy atom. The predicted molar refractivity (Wildman–Crippen MR) is 68.1 cm³/mol. The average molecular weight is 253 g/mol. The van der Waals surface area contributed by atoms with Crippen LogP contribution in [0.5, 0.6) is 0 Å². The first-order valence-corrected chi connectivity index (χ1v) is 7.05. The highest BCUT2D eigenvalue weighted by atomic mass is 16.4. The molecule has 1 amide bonds. The number of aliphatic carboxylic acids is 1. The van der Waals surface area contributed by atoms with Crippen molar-refractivity contribution in [1.82, 2.24) is 5.32 Å². The Morgan fingerprint density at radius 3 is 2.50 bits per heavy atom. The number of carbonyl (C=O) groups excluding carboxylic acids is 1. The molecule has 2 N–H and O–H groups in total. The van der Waals surface area contributed by atoms with E-state index in [2.05, 4.69) is 5.32 Å². The van der Waals surface area contributed by atoms with Crippen LogP contribution in [0.2, 0.25) is 0 Å². The minimum absolute atomic E-state index is 0.0374. The number of carboxylic acids is 1. The third-order valence-corrected chi connectivity index (χ3v) is 4.63. The van der Waals surface area contributed by atoms with E-state index in [1.807, 2.05) is 6.92 Å². The highest BCUT2D eigenvalue weighted by Gasteiger charge is 2.42. The molecule has 0 aromatic heterocycles. The van der Waals surface area contributed by atoms with E-state index in [1.165, 1.54) is 6.42 Å². The Hall–Kier alpha value is -1.06. The van der Waals surface area contributed by atoms with Crippen molar-refractivity contribution in [2.45, 2.75) is 63.8 Å². The quantitative estimate of drug-likeness (QED) is 0.808. The summed E-state index contributed by atoms with van der Waals surface area (Å²) in [6, 6.07) is 0. The highest BCUT2D eigenvalue weighted by Crippen LogP contribution is 2.35. The number of nitrogens with one attached hydrogen (secondary N) is 1. The van der Waals surface area contributed by atoms with Gasteiger partial charge in [-0.05, 0) is 38.5 Å². The highest BCUT2D eigenvalue weighted by molar-refractivity contribution is 5.79. The molecular formula is C14H23NO3. The summed E-state index contributed by atoms with van der Waals surface area (Å²) in [7, 11) is 0. The van der Waals surface area contributed by atoms with Crippen LogP contribution in [0.3, 0.4) is 0 Å². The Bertz CT molecular complexity index is 338. The van der Waals surface area contributed by atoms with E-state index < -0.39 is 17.4 Å². The second kappa shape index (κ2) is 5.29. The zero-order valence-electron chi connectivity index (χ0n) is 11.1. The lowest BCUT2D eigenvalue weighted by Gasteiger charge is -2.40. The van der Waals surface area contributed by atoms with Gasteiger partial charge in [0.15, 0.2) is 0 Å². The zero-order valence-corrected chi connectivity index (χ0v) is 11.1. The van der Waals surface area contributed by atoms with Crippen molar-refractivity contribution in [3.8, 4) is 0 Å². The molecule has 102 valence electrons. The van der Waals surface area contributed by atoms with Gasteiger partial charge >= 0.3 is 5.97 Å². The van der Waals surface area contributed by atoms with Gasteiger partial charge in [-0.3, -0.25) is 9.59 Å². The van der Waals surface area contributed by atoms with Crippen LogP contribution in [-0.4, -0.2) is 22.5 Å². The number of rotatable bonds is 4. The third kappa shape index (κ3) is 2.85. The molecule has 2 rings (SSSR count). The normalized spacial score (nSPS) is 32.6. The van der Waals surface area contributed by atoms with Crippen LogP contribution in [0.4, 0.5) is 0 Å². The van der Waals surface area contributed by atoms with Crippen LogP contribution in [0, 0.1) is 11.8 Å². The molecule has 2 aliphatic carbocycles. The predicted octanol–water partition coefficient (Wildman–Crippen LogP) is 2.33. The summed E-state index contributed by atoms with van der Waals surface area (Å²) in [5, 5.41) is 12.3. The minimum Gasteiger partial charge on any atom is -0.481 e. The summed E-state index contributed by atoms with van der Waals surface area (Å²) in [4.78, 5) is 23.3. The maximum atomic E-state index is 12.0. The minimum atomic E-state index is -0.777. The van der Waals surface area contributed by atoms with Crippen LogP contribution in [0.15, 0.2) is 0 Å². The van der Waals surface area contributed by atoms with E-state index in [0.29, 0.717) is 18.8 Å². The number of carbonyl (C=O) groups is 2. The molecule has 2 unspecified atom stereocenters. The summed E-state index contributed by atoms with van der Waals surface area (Å²) in [5.74, 6) is -0.645. The van der Waals surface area contributed by atoms with Gasteiger partial charge in [-0.15, -0.1) is 0 Å². The van der Waals surface area contributed by atoms with Crippen LogP contribution in [-0.2, 0) is 9.59 Å². The molecule has 2 fully saturated rings. The molecule has 2 atom stereocenters. The summed E-state index contributed by atoms with van der Waals surface area (Å²) in [6.07, 6.45) is 7.50. The Balaban J connectivity index is 1.94. The molecule has 0 heterocycles. The molecule has 2 saturated carbocycles. The molecule has 0 aromatic carbocycles. The van der Waals surface area contributed by atoms with Gasteiger partial charge in [0.2, 0.25) is 5.91 Å². The molecule has 4 heteroatoms. The number of hydrogen-bond acceptors (Lipinski definition) is 2. The first-order chi connectivity index (χ1) is 8.51. The van der Waals surface area contributed by atoms with Gasteiger partial charge in [-0.1, -0.05) is 19.3 Å². The largest absolute Gasteiger partial charge is 0.481 e. The van der Waals surface area contributed by atoms with Crippen LogP contribution < -0.4 is 5.32 Å². The molecule has 2 aliphatic rings. The number of amides is 1. The van der Waals surface area contributed by atoms with Gasteiger partial charge in [0.05, 0.1) is 11.5 Å². The van der Waals surface area contributed by atoms with Gasteiger partial charge < -0.3 is 10.4 Å². The molecule has 0 bridgehead atoms. The standard InChI is InChI=1S/C14H23NO3/c1-14(8-3-2-7-11(14)13(17)18)15-12(16)9-10-5-4-6-10/h10-11H,2-9H2,1H3,(H,15,16)(H,17,18). The summed E-state index contributed by atoms with van der Waals surface area (Å²) in [5.41, 5.74) is -0.551. The van der Waals surface area contributed by atoms with E-state index in [1.54, 1.807) is 0 Å². The van der Waals surface area contributed by atoms with Gasteiger partial charge in [0, 0.05) is 6.42 Å². The SMILES string of the molecule is CC1(NC(=O)CC2CCC2)CCCCC1C(=O)O. The molecular weight excluding hydrogens is 230 g/mol. The molecule has 18 heavy (non-hydrogen) atoms. The van der Waals surface area contributed by atoms with E-state index in [-0.39, 0.29) is 5.91 Å². The van der Waals surface area contributed by atoms with E-state index in [4.69, 9.17) is 0 Å². The van der Waals surface area contributed by atoms with E-state index in [9.17, 15) is 14.7 Å². The van der Waals surface area contributed by atoms with Crippen molar-refractivity contribution in [3.05, 3.63) is 0 Å². The Labute approximate surface area is 108 Å². The average Bonchev–Trinajstić information content (AvgIpc) is 2.23. The van der Waals surface area contributed by atoms with Gasteiger partial charge in [-0.25, -0.2) is 0 Å². The van der Waals surface area contributed by atoms with Crippen LogP contribution in [0.25, 0.3) is 0 Å². The smallest absolute Gasteiger partial charge is 0.308 e. The second-order valence-corrected chi connectivity index (χ2v) is 6.10. The number of carboxylic acid groups (broad SMARTS) is 1. The summed E-state index contributed by atoms with van der Waals surface area (Å²) < 4.78 is 0. The fourth-order valence-electron chi connectivity index (χ4n) is 3.21. The fraction of sp³-hybridized carbons (Fsp3) is 0.857. The third-order valence-electron chi connectivity index (χ3n) is 4.63. The Kier molecular flexibility index (Phi) is 3.93. The molecule has 0 saturated heterocycles. The second-order valence-electron chi connectivity index (χ2n) is 6.10. The van der Waals surface area contributed by atoms with Crippen LogP contribution >= 0.6 is 0 Å². The molecule has 4 nitrogen and oxygen atoms in total. The molecule has 0 aliphatic heterocycles. The Morgan fingerprint density at radius 1 is 1.22 bits per heavy atom. The van der Waals surface area contributed by atoms with Crippen molar-refractivity contribution in [1.29, 1.82) is 0 Å². The first-order valence-electron chi connectivity index (χ1n) is 7.05. The zero-order chi connectivity index (χ0) is 13.2. The maximum absolute atomic E-state index is 12.0. The van der Waals surface area contributed by atoms with Crippen molar-refractivity contribution < 1.29 is 14.7 Å². The summed E-state index contributed by atoms with van der Waals surface area (Å²) in [6.45, 7) is 1.89. The van der Waals surface area contributed by atoms with Crippen molar-refractivity contribution in [3.63, 3.8) is 0 Å². The monoisotopic (exact) mass is 253 g/mol. The molecule has 0 spiro atoms. The van der Waals surface area contributed by atoms with Gasteiger partial charge in [0.25, 0.3) is 0 Å². The van der Waals surface area contributed by atoms with E-state index in [0.717, 1.165) is 32.1 Å². The lowest BCUT2D eigenvalue weighted by Crippen LogP contribution is -2.55. The van der Waals surface area contributed by atoms with Crippen LogP contribution in [0.1, 0.15) is 58.3 Å². The summed E-state index contributed by atoms with van der Waals surface area (Å²) >= 11 is 0. The van der Waals surface area contributed by atoms with Crippen molar-refractivity contribution in [2.75, 3.05) is 0 Å². The van der Waals surface area contributed by atoms with E-state index >= 15 is 0 Å². The fourth-order valence-corrected chi connectivity index (χ4v) is 3.21. The maximum Gasteiger partial charge on any atom is 0.308 e. The topological polar surface area (TPSA) is 66.4 Å². The van der Waals surface area contributed by atoms with Crippen molar-refractivity contribution >= 4 is 11.9 Å². The van der Waals surface area contributed by atoms with Gasteiger partial charge in [0.1, 0.15) is 0 Å².